The number of rotatable bonds is 5. The molecule has 2 aliphatic rings. The van der Waals surface area contributed by atoms with E-state index in [0.29, 0.717) is 17.9 Å². The number of methoxy groups -OCH3 is 1. The normalized spacial score (nSPS) is 18.4. The van der Waals surface area contributed by atoms with Gasteiger partial charge >= 0.3 is 5.97 Å². The van der Waals surface area contributed by atoms with Gasteiger partial charge in [0.25, 0.3) is 0 Å². The molecule has 1 atom stereocenters. The molecule has 0 spiro atoms. The van der Waals surface area contributed by atoms with Gasteiger partial charge in [-0.05, 0) is 37.1 Å². The number of aromatic nitrogens is 2. The summed E-state index contributed by atoms with van der Waals surface area (Å²) in [4.78, 5) is 12.7. The van der Waals surface area contributed by atoms with E-state index in [4.69, 9.17) is 26.2 Å². The molecule has 1 heterocycles. The predicted octanol–water partition coefficient (Wildman–Crippen LogP) is 5.79. The van der Waals surface area contributed by atoms with Crippen molar-refractivity contribution in [2.24, 2.45) is 5.92 Å². The number of halogens is 1. The van der Waals surface area contributed by atoms with Crippen molar-refractivity contribution in [3.05, 3.63) is 64.8 Å². The number of benzene rings is 2. The molecule has 0 radical (unpaired) electrons. The Bertz CT molecular complexity index is 1120. The highest BCUT2D eigenvalue weighted by Gasteiger charge is 2.34. The van der Waals surface area contributed by atoms with Gasteiger partial charge in [-0.25, -0.2) is 4.68 Å². The van der Waals surface area contributed by atoms with E-state index in [2.05, 4.69) is 0 Å². The van der Waals surface area contributed by atoms with E-state index in [1.165, 1.54) is 6.42 Å². The van der Waals surface area contributed by atoms with Crippen LogP contribution in [0.1, 0.15) is 43.4 Å². The van der Waals surface area contributed by atoms with E-state index in [9.17, 15) is 4.79 Å². The zero-order valence-electron chi connectivity index (χ0n) is 18.2. The molecule has 1 fully saturated rings. The Morgan fingerprint density at radius 2 is 1.78 bits per heavy atom. The molecule has 32 heavy (non-hydrogen) atoms. The SMILES string of the molecule is COc1ccccc1-n1nc2c(c1-c1ccc(Cl)cc1)C[C@H](OC(=O)C1CCCCC1)C2. The number of carbonyl (C=O) groups excluding carboxylic acids is 1. The first-order valence-corrected chi connectivity index (χ1v) is 11.7. The van der Waals surface area contributed by atoms with Gasteiger partial charge in [0.15, 0.2) is 0 Å². The van der Waals surface area contributed by atoms with Gasteiger partial charge < -0.3 is 9.47 Å². The molecule has 6 heteroatoms. The van der Waals surface area contributed by atoms with Crippen LogP contribution in [0, 0.1) is 5.92 Å². The van der Waals surface area contributed by atoms with Gasteiger partial charge in [-0.1, -0.05) is 55.1 Å². The monoisotopic (exact) mass is 450 g/mol. The van der Waals surface area contributed by atoms with Gasteiger partial charge in [-0.15, -0.1) is 0 Å². The topological polar surface area (TPSA) is 53.4 Å². The lowest BCUT2D eigenvalue weighted by atomic mass is 9.89. The third kappa shape index (κ3) is 4.02. The zero-order chi connectivity index (χ0) is 22.1. The Morgan fingerprint density at radius 3 is 2.53 bits per heavy atom. The number of para-hydroxylation sites is 2. The lowest BCUT2D eigenvalue weighted by Crippen LogP contribution is -2.26. The van der Waals surface area contributed by atoms with Crippen LogP contribution in [0.3, 0.4) is 0 Å². The molecule has 0 saturated heterocycles. The summed E-state index contributed by atoms with van der Waals surface area (Å²) < 4.78 is 13.5. The lowest BCUT2D eigenvalue weighted by Gasteiger charge is -2.22. The highest BCUT2D eigenvalue weighted by molar-refractivity contribution is 6.30. The summed E-state index contributed by atoms with van der Waals surface area (Å²) in [5, 5.41) is 5.64. The van der Waals surface area contributed by atoms with E-state index >= 15 is 0 Å². The van der Waals surface area contributed by atoms with Gasteiger partial charge in [0, 0.05) is 29.0 Å². The molecule has 0 amide bonds. The van der Waals surface area contributed by atoms with Crippen LogP contribution in [0.5, 0.6) is 5.75 Å². The number of nitrogens with zero attached hydrogens (tertiary/aromatic N) is 2. The average molecular weight is 451 g/mol. The first-order chi connectivity index (χ1) is 15.6. The van der Waals surface area contributed by atoms with Gasteiger partial charge in [0.1, 0.15) is 17.5 Å². The van der Waals surface area contributed by atoms with Crippen LogP contribution in [0.2, 0.25) is 5.02 Å². The Balaban J connectivity index is 1.48. The Kier molecular flexibility index (Phi) is 5.92. The van der Waals surface area contributed by atoms with Crippen LogP contribution in [-0.2, 0) is 22.4 Å². The zero-order valence-corrected chi connectivity index (χ0v) is 19.0. The van der Waals surface area contributed by atoms with E-state index in [1.54, 1.807) is 7.11 Å². The van der Waals surface area contributed by atoms with Crippen molar-refractivity contribution < 1.29 is 14.3 Å². The van der Waals surface area contributed by atoms with Crippen LogP contribution in [0.25, 0.3) is 16.9 Å². The number of hydrogen-bond acceptors (Lipinski definition) is 4. The smallest absolute Gasteiger partial charge is 0.309 e. The van der Waals surface area contributed by atoms with E-state index in [0.717, 1.165) is 59.6 Å². The Labute approximate surface area is 193 Å². The molecule has 1 saturated carbocycles. The van der Waals surface area contributed by atoms with Crippen LogP contribution < -0.4 is 4.74 Å². The summed E-state index contributed by atoms with van der Waals surface area (Å²) in [5.74, 6) is 0.774. The number of ether oxygens (including phenoxy) is 2. The van der Waals surface area contributed by atoms with Crippen LogP contribution in [-0.4, -0.2) is 29.0 Å². The number of fused-ring (bicyclic) bond motifs is 1. The van der Waals surface area contributed by atoms with Gasteiger partial charge in [0.05, 0.1) is 24.4 Å². The fourth-order valence-electron chi connectivity index (χ4n) is 4.96. The van der Waals surface area contributed by atoms with Crippen molar-refractivity contribution in [2.75, 3.05) is 7.11 Å². The molecule has 0 aliphatic heterocycles. The molecule has 3 aromatic rings. The highest BCUT2D eigenvalue weighted by Crippen LogP contribution is 2.38. The van der Waals surface area contributed by atoms with Crippen molar-refractivity contribution >= 4 is 17.6 Å². The molecule has 0 N–H and O–H groups in total. The molecule has 166 valence electrons. The molecule has 5 nitrogen and oxygen atoms in total. The summed E-state index contributed by atoms with van der Waals surface area (Å²) in [7, 11) is 1.67. The summed E-state index contributed by atoms with van der Waals surface area (Å²) in [6.45, 7) is 0. The van der Waals surface area contributed by atoms with E-state index in [1.807, 2.05) is 53.2 Å². The van der Waals surface area contributed by atoms with Crippen molar-refractivity contribution in [2.45, 2.75) is 51.0 Å². The standard InChI is InChI=1S/C26H27ClN2O3/c1-31-24-10-6-5-9-23(24)29-25(17-11-13-19(27)14-12-17)21-15-20(16-22(21)28-29)32-26(30)18-7-3-2-4-8-18/h5-6,9-14,18,20H,2-4,7-8,15-16H2,1H3/t20-/m0/s1. The molecule has 0 bridgehead atoms. The first-order valence-electron chi connectivity index (χ1n) is 11.3. The minimum atomic E-state index is -0.153. The second-order valence-corrected chi connectivity index (χ2v) is 9.10. The fourth-order valence-corrected chi connectivity index (χ4v) is 5.08. The quantitative estimate of drug-likeness (QED) is 0.461. The van der Waals surface area contributed by atoms with Crippen molar-refractivity contribution in [1.29, 1.82) is 0 Å². The van der Waals surface area contributed by atoms with Crippen LogP contribution in [0.4, 0.5) is 0 Å². The van der Waals surface area contributed by atoms with Crippen LogP contribution in [0.15, 0.2) is 48.5 Å². The molecule has 2 aliphatic carbocycles. The summed E-state index contributed by atoms with van der Waals surface area (Å²) in [6, 6.07) is 15.6. The largest absolute Gasteiger partial charge is 0.494 e. The molecular formula is C26H27ClN2O3. The van der Waals surface area contributed by atoms with Crippen molar-refractivity contribution in [3.8, 4) is 22.7 Å². The molecule has 2 aromatic carbocycles. The van der Waals surface area contributed by atoms with Gasteiger partial charge in [-0.2, -0.15) is 5.10 Å². The summed E-state index contributed by atoms with van der Waals surface area (Å²) in [5.41, 5.74) is 5.00. The maximum atomic E-state index is 12.7. The Hall–Kier alpha value is -2.79. The minimum Gasteiger partial charge on any atom is -0.494 e. The maximum Gasteiger partial charge on any atom is 0.309 e. The summed E-state index contributed by atoms with van der Waals surface area (Å²) in [6.07, 6.45) is 6.52. The molecular weight excluding hydrogens is 424 g/mol. The number of esters is 1. The van der Waals surface area contributed by atoms with E-state index in [-0.39, 0.29) is 18.0 Å². The minimum absolute atomic E-state index is 0.0366. The lowest BCUT2D eigenvalue weighted by molar-refractivity contribution is -0.154. The molecule has 0 unspecified atom stereocenters. The van der Waals surface area contributed by atoms with Crippen molar-refractivity contribution in [3.63, 3.8) is 0 Å². The van der Waals surface area contributed by atoms with Gasteiger partial charge in [-0.3, -0.25) is 4.79 Å². The predicted molar refractivity (Wildman–Crippen MR) is 124 cm³/mol. The van der Waals surface area contributed by atoms with Crippen LogP contribution >= 0.6 is 11.6 Å². The number of hydrogen-bond donors (Lipinski definition) is 0. The highest BCUT2D eigenvalue weighted by atomic mass is 35.5. The first kappa shape index (κ1) is 21.1. The second kappa shape index (κ2) is 8.99. The number of carbonyl (C=O) groups is 1. The second-order valence-electron chi connectivity index (χ2n) is 8.67. The third-order valence-corrected chi connectivity index (χ3v) is 6.82. The molecule has 1 aromatic heterocycles. The maximum absolute atomic E-state index is 12.7. The fraction of sp³-hybridized carbons (Fsp3) is 0.385. The average Bonchev–Trinajstić information content (AvgIpc) is 3.37. The Morgan fingerprint density at radius 1 is 1.03 bits per heavy atom. The molecule has 5 rings (SSSR count). The van der Waals surface area contributed by atoms with Gasteiger partial charge in [0.2, 0.25) is 0 Å². The van der Waals surface area contributed by atoms with E-state index < -0.39 is 0 Å². The summed E-state index contributed by atoms with van der Waals surface area (Å²) >= 11 is 6.15. The third-order valence-electron chi connectivity index (χ3n) is 6.57. The van der Waals surface area contributed by atoms with Crippen molar-refractivity contribution in [1.82, 2.24) is 9.78 Å².